The van der Waals surface area contributed by atoms with Crippen LogP contribution < -0.4 is 19.5 Å². The van der Waals surface area contributed by atoms with Gasteiger partial charge in [-0.05, 0) is 42.7 Å². The Kier molecular flexibility index (Phi) is 6.69. The van der Waals surface area contributed by atoms with Gasteiger partial charge in [0.25, 0.3) is 5.91 Å². The fourth-order valence-corrected chi connectivity index (χ4v) is 2.42. The predicted molar refractivity (Wildman–Crippen MR) is 98.7 cm³/mol. The van der Waals surface area contributed by atoms with E-state index in [0.717, 1.165) is 6.42 Å². The van der Waals surface area contributed by atoms with Gasteiger partial charge in [-0.3, -0.25) is 4.79 Å². The molecule has 0 saturated heterocycles. The molecule has 134 valence electrons. The average Bonchev–Trinajstić information content (AvgIpc) is 2.66. The number of hydrogen-bond acceptors (Lipinski definition) is 4. The van der Waals surface area contributed by atoms with E-state index in [1.54, 1.807) is 32.4 Å². The summed E-state index contributed by atoms with van der Waals surface area (Å²) in [6.45, 7) is 4.01. The highest BCUT2D eigenvalue weighted by atomic mass is 16.5. The van der Waals surface area contributed by atoms with E-state index in [0.29, 0.717) is 29.4 Å². The van der Waals surface area contributed by atoms with Crippen LogP contribution in [0.2, 0.25) is 0 Å². The molecule has 0 fully saturated rings. The van der Waals surface area contributed by atoms with Crippen molar-refractivity contribution in [3.05, 3.63) is 48.0 Å². The van der Waals surface area contributed by atoms with Crippen LogP contribution in [0.25, 0.3) is 0 Å². The lowest BCUT2D eigenvalue weighted by molar-refractivity contribution is -0.122. The summed E-state index contributed by atoms with van der Waals surface area (Å²) in [6.07, 6.45) is 0.921. The maximum Gasteiger partial charge on any atom is 0.265 e. The Bertz CT molecular complexity index is 697. The highest BCUT2D eigenvalue weighted by Crippen LogP contribution is 2.29. The van der Waals surface area contributed by atoms with Crippen LogP contribution in [0, 0.1) is 0 Å². The number of ether oxygens (including phenoxy) is 3. The van der Waals surface area contributed by atoms with Gasteiger partial charge in [0, 0.05) is 6.07 Å². The van der Waals surface area contributed by atoms with E-state index in [-0.39, 0.29) is 5.91 Å². The predicted octanol–water partition coefficient (Wildman–Crippen LogP) is 4.06. The molecular formula is C20H25NO4. The minimum atomic E-state index is -0.594. The summed E-state index contributed by atoms with van der Waals surface area (Å²) in [5, 5.41) is 2.86. The van der Waals surface area contributed by atoms with E-state index >= 15 is 0 Å². The molecule has 1 N–H and O–H groups in total. The fraction of sp³-hybridized carbons (Fsp3) is 0.350. The van der Waals surface area contributed by atoms with Crippen LogP contribution >= 0.6 is 0 Å². The second kappa shape index (κ2) is 8.97. The number of anilines is 1. The maximum absolute atomic E-state index is 12.6. The summed E-state index contributed by atoms with van der Waals surface area (Å²) in [6, 6.07) is 13.0. The van der Waals surface area contributed by atoms with Crippen molar-refractivity contribution < 1.29 is 19.0 Å². The van der Waals surface area contributed by atoms with Crippen molar-refractivity contribution in [2.24, 2.45) is 0 Å². The summed E-state index contributed by atoms with van der Waals surface area (Å²) in [7, 11) is 3.13. The molecule has 5 nitrogen and oxygen atoms in total. The van der Waals surface area contributed by atoms with Crippen molar-refractivity contribution in [3.8, 4) is 17.2 Å². The molecule has 0 aliphatic heterocycles. The summed E-state index contributed by atoms with van der Waals surface area (Å²) in [5.74, 6) is 1.65. The topological polar surface area (TPSA) is 56.8 Å². The normalized spacial score (nSPS) is 11.5. The largest absolute Gasteiger partial charge is 0.497 e. The van der Waals surface area contributed by atoms with Gasteiger partial charge in [-0.15, -0.1) is 0 Å². The zero-order chi connectivity index (χ0) is 18.2. The fourth-order valence-electron chi connectivity index (χ4n) is 2.42. The SMILES string of the molecule is CCc1ccc(O[C@@H](CC)C(=O)Nc2cc(OC)ccc2OC)cc1. The summed E-state index contributed by atoms with van der Waals surface area (Å²) >= 11 is 0. The second-order valence-electron chi connectivity index (χ2n) is 5.57. The quantitative estimate of drug-likeness (QED) is 0.785. The smallest absolute Gasteiger partial charge is 0.265 e. The van der Waals surface area contributed by atoms with Crippen molar-refractivity contribution in [2.45, 2.75) is 32.8 Å². The molecule has 1 amide bonds. The second-order valence-corrected chi connectivity index (χ2v) is 5.57. The molecule has 25 heavy (non-hydrogen) atoms. The first-order valence-corrected chi connectivity index (χ1v) is 8.39. The van der Waals surface area contributed by atoms with Gasteiger partial charge in [0.1, 0.15) is 17.2 Å². The van der Waals surface area contributed by atoms with Gasteiger partial charge in [-0.1, -0.05) is 26.0 Å². The summed E-state index contributed by atoms with van der Waals surface area (Å²) < 4.78 is 16.3. The molecule has 2 rings (SSSR count). The van der Waals surface area contributed by atoms with Gasteiger partial charge < -0.3 is 19.5 Å². The van der Waals surface area contributed by atoms with Gasteiger partial charge in [-0.25, -0.2) is 0 Å². The van der Waals surface area contributed by atoms with Gasteiger partial charge in [0.15, 0.2) is 6.10 Å². The Labute approximate surface area is 148 Å². The molecule has 0 heterocycles. The first kappa shape index (κ1) is 18.6. The zero-order valence-corrected chi connectivity index (χ0v) is 15.2. The summed E-state index contributed by atoms with van der Waals surface area (Å²) in [5.41, 5.74) is 1.78. The minimum absolute atomic E-state index is 0.228. The molecule has 5 heteroatoms. The third kappa shape index (κ3) is 4.89. The highest BCUT2D eigenvalue weighted by Gasteiger charge is 2.20. The molecule has 0 aliphatic rings. The van der Waals surface area contributed by atoms with Gasteiger partial charge in [-0.2, -0.15) is 0 Å². The molecule has 2 aromatic carbocycles. The lowest BCUT2D eigenvalue weighted by Gasteiger charge is -2.19. The van der Waals surface area contributed by atoms with Crippen molar-refractivity contribution in [1.29, 1.82) is 0 Å². The van der Waals surface area contributed by atoms with Crippen molar-refractivity contribution in [3.63, 3.8) is 0 Å². The lowest BCUT2D eigenvalue weighted by Crippen LogP contribution is -2.32. The standard InChI is InChI=1S/C20H25NO4/c1-5-14-7-9-15(10-8-14)25-18(6-2)20(22)21-17-13-16(23-3)11-12-19(17)24-4/h7-13,18H,5-6H2,1-4H3,(H,21,22)/t18-/m0/s1. The van der Waals surface area contributed by atoms with E-state index in [2.05, 4.69) is 12.2 Å². The number of methoxy groups -OCH3 is 2. The maximum atomic E-state index is 12.6. The minimum Gasteiger partial charge on any atom is -0.497 e. The third-order valence-electron chi connectivity index (χ3n) is 3.94. The molecule has 0 saturated carbocycles. The van der Waals surface area contributed by atoms with Gasteiger partial charge >= 0.3 is 0 Å². The monoisotopic (exact) mass is 343 g/mol. The van der Waals surface area contributed by atoms with Crippen LogP contribution in [0.1, 0.15) is 25.8 Å². The zero-order valence-electron chi connectivity index (χ0n) is 15.2. The van der Waals surface area contributed by atoms with Crippen molar-refractivity contribution in [1.82, 2.24) is 0 Å². The Morgan fingerprint density at radius 3 is 2.24 bits per heavy atom. The van der Waals surface area contributed by atoms with Gasteiger partial charge in [0.2, 0.25) is 0 Å². The molecule has 0 spiro atoms. The molecule has 0 unspecified atom stereocenters. The van der Waals surface area contributed by atoms with E-state index in [1.807, 2.05) is 31.2 Å². The molecule has 0 bridgehead atoms. The number of hydrogen-bond donors (Lipinski definition) is 1. The van der Waals surface area contributed by atoms with Gasteiger partial charge in [0.05, 0.1) is 19.9 Å². The van der Waals surface area contributed by atoms with E-state index in [4.69, 9.17) is 14.2 Å². The van der Waals surface area contributed by atoms with Crippen molar-refractivity contribution >= 4 is 11.6 Å². The number of carbonyl (C=O) groups is 1. The van der Waals surface area contributed by atoms with Crippen molar-refractivity contribution in [2.75, 3.05) is 19.5 Å². The van der Waals surface area contributed by atoms with Crippen LogP contribution in [0.5, 0.6) is 17.2 Å². The summed E-state index contributed by atoms with van der Waals surface area (Å²) in [4.78, 5) is 12.6. The Hall–Kier alpha value is -2.69. The number of carbonyl (C=O) groups excluding carboxylic acids is 1. The molecule has 0 radical (unpaired) electrons. The number of aryl methyl sites for hydroxylation is 1. The van der Waals surface area contributed by atoms with Crippen LogP contribution in [0.4, 0.5) is 5.69 Å². The first-order valence-electron chi connectivity index (χ1n) is 8.39. The van der Waals surface area contributed by atoms with Crippen LogP contribution in [-0.2, 0) is 11.2 Å². The average molecular weight is 343 g/mol. The molecular weight excluding hydrogens is 318 g/mol. The molecule has 0 aromatic heterocycles. The molecule has 2 aromatic rings. The number of amides is 1. The van der Waals surface area contributed by atoms with Crippen LogP contribution in [0.15, 0.2) is 42.5 Å². The van der Waals surface area contributed by atoms with E-state index in [1.165, 1.54) is 5.56 Å². The number of benzene rings is 2. The Morgan fingerprint density at radius 2 is 1.68 bits per heavy atom. The molecule has 1 atom stereocenters. The van der Waals surface area contributed by atoms with Crippen LogP contribution in [-0.4, -0.2) is 26.2 Å². The van der Waals surface area contributed by atoms with E-state index in [9.17, 15) is 4.79 Å². The third-order valence-corrected chi connectivity index (χ3v) is 3.94. The highest BCUT2D eigenvalue weighted by molar-refractivity contribution is 5.95. The molecule has 0 aliphatic carbocycles. The van der Waals surface area contributed by atoms with E-state index < -0.39 is 6.10 Å². The number of rotatable bonds is 8. The van der Waals surface area contributed by atoms with Crippen LogP contribution in [0.3, 0.4) is 0 Å². The number of nitrogens with one attached hydrogen (secondary N) is 1. The lowest BCUT2D eigenvalue weighted by atomic mass is 10.1. The first-order chi connectivity index (χ1) is 12.1. The Morgan fingerprint density at radius 1 is 1.00 bits per heavy atom. The Balaban J connectivity index is 2.11.